The Labute approximate surface area is 156 Å². The number of rotatable bonds is 6. The lowest BCUT2D eigenvalue weighted by Gasteiger charge is -2.32. The zero-order valence-electron chi connectivity index (χ0n) is 14.6. The van der Waals surface area contributed by atoms with Gasteiger partial charge in [-0.05, 0) is 56.4 Å². The summed E-state index contributed by atoms with van der Waals surface area (Å²) in [6, 6.07) is 9.72. The van der Waals surface area contributed by atoms with Crippen LogP contribution in [-0.4, -0.2) is 35.0 Å². The van der Waals surface area contributed by atoms with Gasteiger partial charge in [-0.15, -0.1) is 11.3 Å². The number of nitrogens with zero attached hydrogens (tertiary/aromatic N) is 2. The van der Waals surface area contributed by atoms with E-state index in [4.69, 9.17) is 0 Å². The second kappa shape index (κ2) is 8.29. The van der Waals surface area contributed by atoms with Gasteiger partial charge in [0.25, 0.3) is 5.69 Å². The van der Waals surface area contributed by atoms with E-state index in [1.165, 1.54) is 42.0 Å². The molecule has 2 N–H and O–H groups in total. The van der Waals surface area contributed by atoms with Crippen LogP contribution in [0.1, 0.15) is 30.7 Å². The van der Waals surface area contributed by atoms with Gasteiger partial charge in [-0.3, -0.25) is 15.0 Å². The number of amides is 2. The first-order chi connectivity index (χ1) is 12.5. The Kier molecular flexibility index (Phi) is 5.85. The Bertz CT molecular complexity index is 742. The second-order valence-electron chi connectivity index (χ2n) is 6.39. The molecule has 138 valence electrons. The number of anilines is 1. The average Bonchev–Trinajstić information content (AvgIpc) is 3.30. The molecule has 0 unspecified atom stereocenters. The molecule has 8 heteroatoms. The number of nitro benzene ring substituents is 1. The van der Waals surface area contributed by atoms with E-state index < -0.39 is 4.92 Å². The Hall–Kier alpha value is -2.45. The standard InChI is InChI=1S/C18H22N4O3S/c1-13(17(16-5-4-12-26-16)21-10-2-3-11-21)19-18(23)20-14-6-8-15(9-7-14)22(24)25/h4-9,12-13,17H,2-3,10-11H2,1H3,(H2,19,20,23)/t13-,17-/m1/s1. The fourth-order valence-corrected chi connectivity index (χ4v) is 4.31. The third-order valence-corrected chi connectivity index (χ3v) is 5.48. The van der Waals surface area contributed by atoms with Crippen LogP contribution in [-0.2, 0) is 0 Å². The Morgan fingerprint density at radius 3 is 2.50 bits per heavy atom. The van der Waals surface area contributed by atoms with E-state index in [2.05, 4.69) is 27.0 Å². The van der Waals surface area contributed by atoms with Crippen molar-refractivity contribution in [3.8, 4) is 0 Å². The van der Waals surface area contributed by atoms with Gasteiger partial charge < -0.3 is 10.6 Å². The molecule has 0 radical (unpaired) electrons. The highest BCUT2D eigenvalue weighted by Gasteiger charge is 2.30. The number of likely N-dealkylation sites (tertiary alicyclic amines) is 1. The van der Waals surface area contributed by atoms with Crippen molar-refractivity contribution in [1.29, 1.82) is 0 Å². The van der Waals surface area contributed by atoms with Crippen LogP contribution in [0.5, 0.6) is 0 Å². The van der Waals surface area contributed by atoms with Crippen LogP contribution in [0.4, 0.5) is 16.2 Å². The minimum atomic E-state index is -0.465. The number of thiophene rings is 1. The molecule has 0 aliphatic carbocycles. The molecule has 7 nitrogen and oxygen atoms in total. The molecular weight excluding hydrogens is 352 g/mol. The number of nitro groups is 1. The van der Waals surface area contributed by atoms with Gasteiger partial charge in [-0.2, -0.15) is 0 Å². The number of carbonyl (C=O) groups is 1. The number of non-ortho nitro benzene ring substituents is 1. The minimum absolute atomic E-state index is 0.00359. The summed E-state index contributed by atoms with van der Waals surface area (Å²) in [6.07, 6.45) is 2.37. The van der Waals surface area contributed by atoms with Crippen molar-refractivity contribution in [1.82, 2.24) is 10.2 Å². The highest BCUT2D eigenvalue weighted by molar-refractivity contribution is 7.10. The van der Waals surface area contributed by atoms with E-state index >= 15 is 0 Å². The largest absolute Gasteiger partial charge is 0.333 e. The molecule has 26 heavy (non-hydrogen) atoms. The predicted molar refractivity (Wildman–Crippen MR) is 103 cm³/mol. The van der Waals surface area contributed by atoms with Crippen molar-refractivity contribution < 1.29 is 9.72 Å². The quantitative estimate of drug-likeness (QED) is 0.591. The van der Waals surface area contributed by atoms with E-state index in [1.54, 1.807) is 11.3 Å². The molecule has 1 aromatic heterocycles. The van der Waals surface area contributed by atoms with Crippen LogP contribution >= 0.6 is 11.3 Å². The van der Waals surface area contributed by atoms with Gasteiger partial charge in [0.15, 0.2) is 0 Å². The number of benzene rings is 1. The zero-order valence-corrected chi connectivity index (χ0v) is 15.4. The third kappa shape index (κ3) is 4.39. The number of hydrogen-bond acceptors (Lipinski definition) is 5. The highest BCUT2D eigenvalue weighted by atomic mass is 32.1. The number of hydrogen-bond donors (Lipinski definition) is 2. The van der Waals surface area contributed by atoms with Crippen molar-refractivity contribution in [2.45, 2.75) is 31.8 Å². The van der Waals surface area contributed by atoms with Gasteiger partial charge in [-0.25, -0.2) is 4.79 Å². The maximum atomic E-state index is 12.4. The summed E-state index contributed by atoms with van der Waals surface area (Å²) < 4.78 is 0. The summed E-state index contributed by atoms with van der Waals surface area (Å²) in [5.74, 6) is 0. The fraction of sp³-hybridized carbons (Fsp3) is 0.389. The molecule has 3 rings (SSSR count). The van der Waals surface area contributed by atoms with Gasteiger partial charge >= 0.3 is 6.03 Å². The minimum Gasteiger partial charge on any atom is -0.333 e. The van der Waals surface area contributed by atoms with E-state index in [-0.39, 0.29) is 23.8 Å². The predicted octanol–water partition coefficient (Wildman–Crippen LogP) is 4.00. The van der Waals surface area contributed by atoms with Crippen molar-refractivity contribution in [2.75, 3.05) is 18.4 Å². The maximum absolute atomic E-state index is 12.4. The van der Waals surface area contributed by atoms with Gasteiger partial charge in [-0.1, -0.05) is 6.07 Å². The van der Waals surface area contributed by atoms with Crippen LogP contribution in [0.15, 0.2) is 41.8 Å². The van der Waals surface area contributed by atoms with Crippen molar-refractivity contribution in [2.24, 2.45) is 0 Å². The van der Waals surface area contributed by atoms with Gasteiger partial charge in [0.2, 0.25) is 0 Å². The van der Waals surface area contributed by atoms with Crippen LogP contribution < -0.4 is 10.6 Å². The maximum Gasteiger partial charge on any atom is 0.319 e. The molecule has 1 aliphatic rings. The first-order valence-corrected chi connectivity index (χ1v) is 9.52. The summed E-state index contributed by atoms with van der Waals surface area (Å²) in [6.45, 7) is 4.09. The molecular formula is C18H22N4O3S. The fourth-order valence-electron chi connectivity index (χ4n) is 3.34. The van der Waals surface area contributed by atoms with Gasteiger partial charge in [0, 0.05) is 28.7 Å². The van der Waals surface area contributed by atoms with Crippen molar-refractivity contribution in [3.63, 3.8) is 0 Å². The summed E-state index contributed by atoms with van der Waals surface area (Å²) in [5.41, 5.74) is 0.519. The molecule has 2 amide bonds. The lowest BCUT2D eigenvalue weighted by molar-refractivity contribution is -0.384. The zero-order chi connectivity index (χ0) is 18.5. The van der Waals surface area contributed by atoms with Gasteiger partial charge in [0.05, 0.1) is 11.0 Å². The number of carbonyl (C=O) groups excluding carboxylic acids is 1. The topological polar surface area (TPSA) is 87.5 Å². The Balaban J connectivity index is 1.63. The van der Waals surface area contributed by atoms with E-state index in [0.717, 1.165) is 13.1 Å². The molecule has 1 saturated heterocycles. The number of nitrogens with one attached hydrogen (secondary N) is 2. The molecule has 1 aliphatic heterocycles. The third-order valence-electron chi connectivity index (χ3n) is 4.54. The van der Waals surface area contributed by atoms with Crippen molar-refractivity contribution >= 4 is 28.7 Å². The van der Waals surface area contributed by atoms with Crippen LogP contribution in [0.3, 0.4) is 0 Å². The van der Waals surface area contributed by atoms with E-state index in [0.29, 0.717) is 5.69 Å². The number of urea groups is 1. The molecule has 2 aromatic rings. The molecule has 0 bridgehead atoms. The summed E-state index contributed by atoms with van der Waals surface area (Å²) in [7, 11) is 0. The summed E-state index contributed by atoms with van der Waals surface area (Å²) in [5, 5.41) is 18.5. The van der Waals surface area contributed by atoms with Crippen molar-refractivity contribution in [3.05, 3.63) is 56.8 Å². The molecule has 2 heterocycles. The molecule has 0 saturated carbocycles. The van der Waals surface area contributed by atoms with Crippen LogP contribution in [0.25, 0.3) is 0 Å². The SMILES string of the molecule is C[C@@H](NC(=O)Nc1ccc([N+](=O)[O-])cc1)[C@H](c1cccs1)N1CCCC1. The molecule has 0 spiro atoms. The first-order valence-electron chi connectivity index (χ1n) is 8.64. The lowest BCUT2D eigenvalue weighted by atomic mass is 10.1. The van der Waals surface area contributed by atoms with E-state index in [1.807, 2.05) is 13.0 Å². The van der Waals surface area contributed by atoms with E-state index in [9.17, 15) is 14.9 Å². The molecule has 1 aromatic carbocycles. The normalized spacial score (nSPS) is 16.8. The van der Waals surface area contributed by atoms with Crippen LogP contribution in [0.2, 0.25) is 0 Å². The first kappa shape index (κ1) is 18.3. The Morgan fingerprint density at radius 1 is 1.23 bits per heavy atom. The molecule has 1 fully saturated rings. The molecule has 2 atom stereocenters. The second-order valence-corrected chi connectivity index (χ2v) is 7.37. The summed E-state index contributed by atoms with van der Waals surface area (Å²) >= 11 is 1.70. The lowest BCUT2D eigenvalue weighted by Crippen LogP contribution is -2.45. The smallest absolute Gasteiger partial charge is 0.319 e. The Morgan fingerprint density at radius 2 is 1.92 bits per heavy atom. The summed E-state index contributed by atoms with van der Waals surface area (Å²) in [4.78, 5) is 26.3. The van der Waals surface area contributed by atoms with Crippen LogP contribution in [0, 0.1) is 10.1 Å². The average molecular weight is 374 g/mol. The monoisotopic (exact) mass is 374 g/mol. The highest BCUT2D eigenvalue weighted by Crippen LogP contribution is 2.31. The van der Waals surface area contributed by atoms with Gasteiger partial charge in [0.1, 0.15) is 0 Å².